The number of nitrogens with one attached hydrogen (secondary N) is 1. The van der Waals surface area contributed by atoms with Gasteiger partial charge in [-0.05, 0) is 33.1 Å². The van der Waals surface area contributed by atoms with Crippen LogP contribution in [0.2, 0.25) is 0 Å². The monoisotopic (exact) mass is 207 g/mol. The highest BCUT2D eigenvalue weighted by molar-refractivity contribution is 7.89. The van der Waals surface area contributed by atoms with Gasteiger partial charge in [-0.15, -0.1) is 0 Å². The molecular weight excluding hydrogens is 190 g/mol. The Kier molecular flexibility index (Phi) is 2.99. The molecule has 0 amide bonds. The normalized spacial score (nSPS) is 21.5. The van der Waals surface area contributed by atoms with E-state index in [0.29, 0.717) is 12.8 Å². The Hall–Kier alpha value is -0.130. The molecule has 0 aromatic rings. The zero-order valence-corrected chi connectivity index (χ0v) is 8.89. The van der Waals surface area contributed by atoms with Crippen molar-refractivity contribution in [2.75, 3.05) is 5.75 Å². The number of hydrogen-bond acceptors (Lipinski definition) is 3. The SMILES string of the molecule is CC(C)NS(=O)(=O)CC1(O)CCC1. The minimum atomic E-state index is -3.30. The van der Waals surface area contributed by atoms with Crippen LogP contribution in [-0.4, -0.2) is 30.9 Å². The van der Waals surface area contributed by atoms with E-state index >= 15 is 0 Å². The molecule has 0 saturated heterocycles. The van der Waals surface area contributed by atoms with Gasteiger partial charge in [-0.2, -0.15) is 0 Å². The van der Waals surface area contributed by atoms with Crippen LogP contribution in [-0.2, 0) is 10.0 Å². The van der Waals surface area contributed by atoms with Crippen molar-refractivity contribution in [2.24, 2.45) is 0 Å². The van der Waals surface area contributed by atoms with Gasteiger partial charge in [0, 0.05) is 6.04 Å². The zero-order chi connectivity index (χ0) is 10.1. The molecular formula is C8H17NO3S. The molecule has 2 N–H and O–H groups in total. The standard InChI is InChI=1S/C8H17NO3S/c1-7(2)9-13(11,12)6-8(10)4-3-5-8/h7,9-10H,3-6H2,1-2H3. The van der Waals surface area contributed by atoms with Crippen molar-refractivity contribution in [3.8, 4) is 0 Å². The first kappa shape index (κ1) is 10.9. The summed E-state index contributed by atoms with van der Waals surface area (Å²) in [6.45, 7) is 3.53. The first-order valence-electron chi connectivity index (χ1n) is 4.55. The Morgan fingerprint density at radius 1 is 1.46 bits per heavy atom. The second-order valence-electron chi connectivity index (χ2n) is 4.11. The molecule has 4 nitrogen and oxygen atoms in total. The summed E-state index contributed by atoms with van der Waals surface area (Å²) in [6, 6.07) is -0.103. The Balaban J connectivity index is 2.51. The first-order chi connectivity index (χ1) is 5.83. The van der Waals surface area contributed by atoms with E-state index in [1.165, 1.54) is 0 Å². The second kappa shape index (κ2) is 3.55. The van der Waals surface area contributed by atoms with Gasteiger partial charge in [0.15, 0.2) is 0 Å². The van der Waals surface area contributed by atoms with Crippen LogP contribution in [0, 0.1) is 0 Å². The molecule has 13 heavy (non-hydrogen) atoms. The minimum absolute atomic E-state index is 0.103. The summed E-state index contributed by atoms with van der Waals surface area (Å²) in [5, 5.41) is 9.64. The fourth-order valence-electron chi connectivity index (χ4n) is 1.48. The van der Waals surface area contributed by atoms with Gasteiger partial charge >= 0.3 is 0 Å². The maximum absolute atomic E-state index is 11.4. The fraction of sp³-hybridized carbons (Fsp3) is 1.00. The fourth-order valence-corrected chi connectivity index (χ4v) is 3.28. The first-order valence-corrected chi connectivity index (χ1v) is 6.21. The van der Waals surface area contributed by atoms with Crippen molar-refractivity contribution in [1.82, 2.24) is 4.72 Å². The van der Waals surface area contributed by atoms with Crippen molar-refractivity contribution < 1.29 is 13.5 Å². The topological polar surface area (TPSA) is 66.4 Å². The third kappa shape index (κ3) is 3.25. The summed E-state index contributed by atoms with van der Waals surface area (Å²) in [5.74, 6) is -0.155. The summed E-state index contributed by atoms with van der Waals surface area (Å²) in [5.41, 5.74) is -0.958. The van der Waals surface area contributed by atoms with Crippen LogP contribution in [0.4, 0.5) is 0 Å². The van der Waals surface area contributed by atoms with E-state index in [4.69, 9.17) is 0 Å². The van der Waals surface area contributed by atoms with Gasteiger partial charge in [0.2, 0.25) is 10.0 Å². The number of rotatable bonds is 4. The van der Waals surface area contributed by atoms with Crippen molar-refractivity contribution in [1.29, 1.82) is 0 Å². The van der Waals surface area contributed by atoms with Gasteiger partial charge in [-0.3, -0.25) is 0 Å². The maximum Gasteiger partial charge on any atom is 0.214 e. The molecule has 1 aliphatic carbocycles. The van der Waals surface area contributed by atoms with Crippen LogP contribution in [0.3, 0.4) is 0 Å². The summed E-state index contributed by atoms with van der Waals surface area (Å²) < 4.78 is 25.2. The van der Waals surface area contributed by atoms with Crippen LogP contribution in [0.15, 0.2) is 0 Å². The lowest BCUT2D eigenvalue weighted by Gasteiger charge is -2.36. The Morgan fingerprint density at radius 3 is 2.31 bits per heavy atom. The summed E-state index contributed by atoms with van der Waals surface area (Å²) in [6.07, 6.45) is 2.13. The molecule has 0 bridgehead atoms. The molecule has 0 heterocycles. The van der Waals surface area contributed by atoms with E-state index in [1.807, 2.05) is 0 Å². The van der Waals surface area contributed by atoms with Gasteiger partial charge in [0.1, 0.15) is 0 Å². The van der Waals surface area contributed by atoms with E-state index in [9.17, 15) is 13.5 Å². The summed E-state index contributed by atoms with van der Waals surface area (Å²) in [7, 11) is -3.30. The molecule has 0 aromatic carbocycles. The van der Waals surface area contributed by atoms with Gasteiger partial charge in [-0.25, -0.2) is 13.1 Å². The molecule has 1 rings (SSSR count). The van der Waals surface area contributed by atoms with Gasteiger partial charge in [-0.1, -0.05) is 0 Å². The van der Waals surface area contributed by atoms with Crippen LogP contribution >= 0.6 is 0 Å². The molecule has 1 fully saturated rings. The zero-order valence-electron chi connectivity index (χ0n) is 8.08. The molecule has 1 aliphatic rings. The Bertz CT molecular complexity index is 267. The Labute approximate surface area is 79.4 Å². The van der Waals surface area contributed by atoms with Crippen LogP contribution in [0.1, 0.15) is 33.1 Å². The summed E-state index contributed by atoms with van der Waals surface area (Å²) >= 11 is 0. The van der Waals surface area contributed by atoms with Crippen molar-refractivity contribution in [3.05, 3.63) is 0 Å². The van der Waals surface area contributed by atoms with Gasteiger partial charge < -0.3 is 5.11 Å². The van der Waals surface area contributed by atoms with E-state index in [0.717, 1.165) is 6.42 Å². The highest BCUT2D eigenvalue weighted by Crippen LogP contribution is 2.32. The quantitative estimate of drug-likeness (QED) is 0.693. The second-order valence-corrected chi connectivity index (χ2v) is 5.86. The van der Waals surface area contributed by atoms with Gasteiger partial charge in [0.05, 0.1) is 11.4 Å². The number of hydrogen-bond donors (Lipinski definition) is 2. The predicted molar refractivity (Wildman–Crippen MR) is 50.9 cm³/mol. The lowest BCUT2D eigenvalue weighted by Crippen LogP contribution is -2.47. The molecule has 0 aliphatic heterocycles. The molecule has 1 saturated carbocycles. The Morgan fingerprint density at radius 2 is 2.00 bits per heavy atom. The van der Waals surface area contributed by atoms with Crippen molar-refractivity contribution >= 4 is 10.0 Å². The van der Waals surface area contributed by atoms with Crippen molar-refractivity contribution in [3.63, 3.8) is 0 Å². The van der Waals surface area contributed by atoms with Crippen LogP contribution < -0.4 is 4.72 Å². The number of aliphatic hydroxyl groups is 1. The van der Waals surface area contributed by atoms with E-state index in [2.05, 4.69) is 4.72 Å². The third-order valence-corrected chi connectivity index (χ3v) is 3.91. The predicted octanol–water partition coefficient (Wildman–Crippen LogP) is 0.229. The highest BCUT2D eigenvalue weighted by atomic mass is 32.2. The number of sulfonamides is 1. The molecule has 0 radical (unpaired) electrons. The van der Waals surface area contributed by atoms with Crippen molar-refractivity contribution in [2.45, 2.75) is 44.8 Å². The average molecular weight is 207 g/mol. The molecule has 78 valence electrons. The van der Waals surface area contributed by atoms with Gasteiger partial charge in [0.25, 0.3) is 0 Å². The average Bonchev–Trinajstić information content (AvgIpc) is 1.79. The van der Waals surface area contributed by atoms with E-state index in [1.54, 1.807) is 13.8 Å². The van der Waals surface area contributed by atoms with Crippen LogP contribution in [0.5, 0.6) is 0 Å². The largest absolute Gasteiger partial charge is 0.389 e. The maximum atomic E-state index is 11.4. The van der Waals surface area contributed by atoms with E-state index in [-0.39, 0.29) is 11.8 Å². The molecule has 5 heteroatoms. The smallest absolute Gasteiger partial charge is 0.214 e. The molecule has 0 unspecified atom stereocenters. The minimum Gasteiger partial charge on any atom is -0.389 e. The van der Waals surface area contributed by atoms with Crippen LogP contribution in [0.25, 0.3) is 0 Å². The summed E-state index contributed by atoms with van der Waals surface area (Å²) in [4.78, 5) is 0. The lowest BCUT2D eigenvalue weighted by atomic mass is 9.82. The molecule has 0 atom stereocenters. The third-order valence-electron chi connectivity index (χ3n) is 2.16. The molecule has 0 aromatic heterocycles. The van der Waals surface area contributed by atoms with E-state index < -0.39 is 15.6 Å². The highest BCUT2D eigenvalue weighted by Gasteiger charge is 2.38. The lowest BCUT2D eigenvalue weighted by molar-refractivity contribution is -0.0115. The molecule has 0 spiro atoms.